The number of nitrogens with one attached hydrogen (secondary N) is 1. The van der Waals surface area contributed by atoms with Crippen LogP contribution in [-0.4, -0.2) is 21.0 Å². The van der Waals surface area contributed by atoms with Crippen molar-refractivity contribution in [1.29, 1.82) is 0 Å². The van der Waals surface area contributed by atoms with Gasteiger partial charge < -0.3 is 9.88 Å². The molecule has 0 unspecified atom stereocenters. The molecule has 1 aromatic heterocycles. The molecular weight excluding hydrogens is 262 g/mol. The lowest BCUT2D eigenvalue weighted by Gasteiger charge is -2.31. The summed E-state index contributed by atoms with van der Waals surface area (Å²) in [6.45, 7) is 8.99. The molecule has 1 heterocycles. The van der Waals surface area contributed by atoms with Crippen molar-refractivity contribution in [2.45, 2.75) is 52.6 Å². The first-order valence-corrected chi connectivity index (χ1v) is 7.41. The van der Waals surface area contributed by atoms with E-state index in [1.54, 1.807) is 17.0 Å². The van der Waals surface area contributed by atoms with E-state index in [-0.39, 0.29) is 11.1 Å². The molecule has 0 saturated heterocycles. The lowest BCUT2D eigenvalue weighted by Crippen LogP contribution is -2.42. The number of hydrogen-bond donors (Lipinski definition) is 1. The second kappa shape index (κ2) is 6.94. The predicted molar refractivity (Wildman–Crippen MR) is 81.0 cm³/mol. The maximum atomic E-state index is 12.3. The minimum absolute atomic E-state index is 0.0763. The number of hydrogen-bond acceptors (Lipinski definition) is 3. The molecule has 0 aromatic carbocycles. The van der Waals surface area contributed by atoms with Crippen LogP contribution in [0.4, 0.5) is 5.82 Å². The molecular formula is C14H24ClN3O. The van der Waals surface area contributed by atoms with Gasteiger partial charge in [0.1, 0.15) is 0 Å². The molecule has 0 aliphatic heterocycles. The highest BCUT2D eigenvalue weighted by Gasteiger charge is 2.26. The Balaban J connectivity index is 3.05. The molecule has 108 valence electrons. The Hall–Kier alpha value is -1.03. The van der Waals surface area contributed by atoms with E-state index in [9.17, 15) is 4.79 Å². The lowest BCUT2D eigenvalue weighted by atomic mass is 9.95. The smallest absolute Gasteiger partial charge is 0.293 e. The van der Waals surface area contributed by atoms with Gasteiger partial charge in [-0.05, 0) is 18.8 Å². The summed E-state index contributed by atoms with van der Waals surface area (Å²) in [5.74, 6) is 1.27. The van der Waals surface area contributed by atoms with Crippen molar-refractivity contribution in [1.82, 2.24) is 9.55 Å². The molecule has 0 amide bonds. The second-order valence-corrected chi connectivity index (χ2v) is 5.64. The monoisotopic (exact) mass is 285 g/mol. The van der Waals surface area contributed by atoms with Gasteiger partial charge in [-0.25, -0.2) is 4.98 Å². The molecule has 0 fully saturated rings. The van der Waals surface area contributed by atoms with Crippen LogP contribution in [0, 0.1) is 5.92 Å². The number of anilines is 1. The molecule has 0 aliphatic carbocycles. The first kappa shape index (κ1) is 16.0. The van der Waals surface area contributed by atoms with Crippen LogP contribution in [0.3, 0.4) is 0 Å². The van der Waals surface area contributed by atoms with Crippen LogP contribution in [0.2, 0.25) is 0 Å². The fraction of sp³-hybridized carbons (Fsp3) is 0.714. The zero-order valence-electron chi connectivity index (χ0n) is 12.2. The summed E-state index contributed by atoms with van der Waals surface area (Å²) in [4.78, 5) is 16.5. The normalized spacial score (nSPS) is 11.9. The van der Waals surface area contributed by atoms with E-state index in [0.29, 0.717) is 24.2 Å². The standard InChI is InChI=1S/C14H24ClN3O/c1-5-14(6-2,10-15)17-12-13(19)18(8-7-16-12)9-11(3)4/h7-8,11H,5-6,9-10H2,1-4H3,(H,16,17). The van der Waals surface area contributed by atoms with Crippen molar-refractivity contribution in [3.05, 3.63) is 22.7 Å². The van der Waals surface area contributed by atoms with Crippen LogP contribution < -0.4 is 10.9 Å². The van der Waals surface area contributed by atoms with Gasteiger partial charge in [0.2, 0.25) is 0 Å². The zero-order chi connectivity index (χ0) is 14.5. The van der Waals surface area contributed by atoms with Gasteiger partial charge in [-0.15, -0.1) is 11.6 Å². The average molecular weight is 286 g/mol. The first-order valence-electron chi connectivity index (χ1n) is 6.87. The van der Waals surface area contributed by atoms with Gasteiger partial charge in [0.25, 0.3) is 5.56 Å². The van der Waals surface area contributed by atoms with Crippen LogP contribution >= 0.6 is 11.6 Å². The van der Waals surface area contributed by atoms with Crippen LogP contribution in [0.25, 0.3) is 0 Å². The third-order valence-corrected chi connectivity index (χ3v) is 3.98. The predicted octanol–water partition coefficient (Wildman–Crippen LogP) is 3.11. The van der Waals surface area contributed by atoms with Crippen molar-refractivity contribution in [2.24, 2.45) is 5.92 Å². The Morgan fingerprint density at radius 1 is 1.42 bits per heavy atom. The van der Waals surface area contributed by atoms with E-state index in [4.69, 9.17) is 11.6 Å². The maximum Gasteiger partial charge on any atom is 0.293 e. The first-order chi connectivity index (χ1) is 8.98. The van der Waals surface area contributed by atoms with Gasteiger partial charge in [0, 0.05) is 24.8 Å². The Kier molecular flexibility index (Phi) is 5.85. The highest BCUT2D eigenvalue weighted by molar-refractivity contribution is 6.18. The molecule has 0 radical (unpaired) electrons. The van der Waals surface area contributed by atoms with Crippen LogP contribution in [-0.2, 0) is 6.54 Å². The molecule has 0 bridgehead atoms. The summed E-state index contributed by atoms with van der Waals surface area (Å²) in [5.41, 5.74) is -0.336. The van der Waals surface area contributed by atoms with Gasteiger partial charge >= 0.3 is 0 Å². The third-order valence-electron chi connectivity index (χ3n) is 3.47. The Labute approximate surface area is 120 Å². The zero-order valence-corrected chi connectivity index (χ0v) is 13.0. The Morgan fingerprint density at radius 3 is 2.53 bits per heavy atom. The van der Waals surface area contributed by atoms with E-state index in [1.165, 1.54) is 0 Å². The van der Waals surface area contributed by atoms with Crippen LogP contribution in [0.15, 0.2) is 17.2 Å². The Bertz CT molecular complexity index is 444. The topological polar surface area (TPSA) is 46.9 Å². The number of nitrogens with zero attached hydrogens (tertiary/aromatic N) is 2. The molecule has 19 heavy (non-hydrogen) atoms. The van der Waals surface area contributed by atoms with Gasteiger partial charge in [-0.2, -0.15) is 0 Å². The summed E-state index contributed by atoms with van der Waals surface area (Å²) in [5, 5.41) is 3.25. The van der Waals surface area contributed by atoms with Crippen LogP contribution in [0.1, 0.15) is 40.5 Å². The fourth-order valence-electron chi connectivity index (χ4n) is 1.97. The van der Waals surface area contributed by atoms with E-state index < -0.39 is 0 Å². The third kappa shape index (κ3) is 3.96. The van der Waals surface area contributed by atoms with Gasteiger partial charge in [0.15, 0.2) is 5.82 Å². The minimum Gasteiger partial charge on any atom is -0.359 e. The quantitative estimate of drug-likeness (QED) is 0.783. The summed E-state index contributed by atoms with van der Waals surface area (Å²) in [7, 11) is 0. The van der Waals surface area contributed by atoms with Crippen molar-refractivity contribution >= 4 is 17.4 Å². The number of rotatable bonds is 7. The fourth-order valence-corrected chi connectivity index (χ4v) is 2.42. The largest absolute Gasteiger partial charge is 0.359 e. The highest BCUT2D eigenvalue weighted by atomic mass is 35.5. The van der Waals surface area contributed by atoms with Crippen LogP contribution in [0.5, 0.6) is 0 Å². The molecule has 0 aliphatic rings. The summed E-state index contributed by atoms with van der Waals surface area (Å²) < 4.78 is 1.70. The van der Waals surface area contributed by atoms with Crippen molar-refractivity contribution < 1.29 is 0 Å². The van der Waals surface area contributed by atoms with Gasteiger partial charge in [-0.3, -0.25) is 4.79 Å². The minimum atomic E-state index is -0.259. The molecule has 0 spiro atoms. The maximum absolute atomic E-state index is 12.3. The molecule has 1 rings (SSSR count). The summed E-state index contributed by atoms with van der Waals surface area (Å²) in [6.07, 6.45) is 5.10. The SMILES string of the molecule is CCC(CC)(CCl)Nc1nccn(CC(C)C)c1=O. The molecule has 0 atom stereocenters. The van der Waals surface area contributed by atoms with Gasteiger partial charge in [0.05, 0.1) is 5.54 Å². The molecule has 4 nitrogen and oxygen atoms in total. The lowest BCUT2D eigenvalue weighted by molar-refractivity contribution is 0.476. The van der Waals surface area contributed by atoms with Crippen molar-refractivity contribution in [2.75, 3.05) is 11.2 Å². The number of aromatic nitrogens is 2. The second-order valence-electron chi connectivity index (χ2n) is 5.37. The molecule has 0 saturated carbocycles. The summed E-state index contributed by atoms with van der Waals surface area (Å²) in [6, 6.07) is 0. The molecule has 1 aromatic rings. The summed E-state index contributed by atoms with van der Waals surface area (Å²) >= 11 is 6.05. The van der Waals surface area contributed by atoms with E-state index >= 15 is 0 Å². The van der Waals surface area contributed by atoms with Crippen molar-refractivity contribution in [3.8, 4) is 0 Å². The highest BCUT2D eigenvalue weighted by Crippen LogP contribution is 2.21. The van der Waals surface area contributed by atoms with E-state index in [0.717, 1.165) is 12.8 Å². The van der Waals surface area contributed by atoms with E-state index in [2.05, 4.69) is 38.0 Å². The van der Waals surface area contributed by atoms with Crippen molar-refractivity contribution in [3.63, 3.8) is 0 Å². The molecule has 1 N–H and O–H groups in total. The number of alkyl halides is 1. The number of halogens is 1. The van der Waals surface area contributed by atoms with Gasteiger partial charge in [-0.1, -0.05) is 27.7 Å². The Morgan fingerprint density at radius 2 is 2.05 bits per heavy atom. The average Bonchev–Trinajstić information content (AvgIpc) is 2.40. The molecule has 5 heteroatoms. The van der Waals surface area contributed by atoms with E-state index in [1.807, 2.05) is 0 Å².